The highest BCUT2D eigenvalue weighted by Gasteiger charge is 2.60. The van der Waals surface area contributed by atoms with Gasteiger partial charge in [0.25, 0.3) is 0 Å². The first kappa shape index (κ1) is 60.8. The molecule has 6 aliphatic heterocycles. The standard InChI is InChI=1S/C29H45NO8.C27H41NO8/c1-18(9-12-25-28(35-7)29(17-36-29)16-22(38-25)15-27(32)34-6)8-11-24-19(2)14-23(21(4)37-24)30-26(31)13-10-20(3)33-5;1-16(7-10-23-26(32)27(15-34-27)14-20(36-23)13-25(31)33-5)6-9-22-17(2)12-21(19(4)35-22)28-24(30)11-8-18(3)29/h8-10,12-13,19-25,28H,11,14-17H2,1-7H3,(H,30,31);6-8,10-11,17-23,26,29,32H,9,12-15H2,1-5H3,(H,28,30)/b12-9+,13-10-,18-8+;10-7+,11-8-,16-6+/t19-,20-,21+,22+,23+,24-,25+,28+,29+;17-,18-,19+,20+,21+,22-,23+,26+,27+/m00/s1. The van der Waals surface area contributed by atoms with E-state index in [1.54, 1.807) is 27.2 Å². The van der Waals surface area contributed by atoms with Crippen LogP contribution < -0.4 is 10.6 Å². The van der Waals surface area contributed by atoms with E-state index in [9.17, 15) is 29.4 Å². The molecule has 6 rings (SSSR count). The van der Waals surface area contributed by atoms with Gasteiger partial charge in [0.2, 0.25) is 11.8 Å². The lowest BCUT2D eigenvalue weighted by Gasteiger charge is -2.39. The number of carbonyl (C=O) groups excluding carboxylic acids is 4. The number of allylic oxidation sites excluding steroid dienone is 4. The van der Waals surface area contributed by atoms with E-state index in [1.807, 2.05) is 58.9 Å². The second-order valence-electron chi connectivity index (χ2n) is 21.1. The summed E-state index contributed by atoms with van der Waals surface area (Å²) in [5, 5.41) is 26.1. The molecule has 0 aromatic rings. The van der Waals surface area contributed by atoms with Crippen LogP contribution in [0.2, 0.25) is 0 Å². The van der Waals surface area contributed by atoms with Gasteiger partial charge in [-0.3, -0.25) is 19.2 Å². The number of ether oxygens (including phenoxy) is 10. The Morgan fingerprint density at radius 1 is 0.662 bits per heavy atom. The summed E-state index contributed by atoms with van der Waals surface area (Å²) in [5.41, 5.74) is 1.06. The van der Waals surface area contributed by atoms with E-state index in [1.165, 1.54) is 32.4 Å². The molecule has 0 aliphatic carbocycles. The molecule has 74 heavy (non-hydrogen) atoms. The molecule has 6 heterocycles. The van der Waals surface area contributed by atoms with E-state index >= 15 is 0 Å². The Balaban J connectivity index is 0.000000274. The van der Waals surface area contributed by atoms with Gasteiger partial charge in [-0.1, -0.05) is 73.6 Å². The average Bonchev–Trinajstić information content (AvgIpc) is 4.31. The predicted octanol–water partition coefficient (Wildman–Crippen LogP) is 5.24. The fourth-order valence-corrected chi connectivity index (χ4v) is 10.1. The topological polar surface area (TPSA) is 232 Å². The second-order valence-corrected chi connectivity index (χ2v) is 21.1. The second kappa shape index (κ2) is 28.3. The number of rotatable bonds is 20. The summed E-state index contributed by atoms with van der Waals surface area (Å²) in [7, 11) is 6.00. The zero-order valence-electron chi connectivity index (χ0n) is 45.7. The van der Waals surface area contributed by atoms with Gasteiger partial charge in [-0.15, -0.1) is 0 Å². The number of amides is 2. The van der Waals surface area contributed by atoms with Crippen LogP contribution in [0.3, 0.4) is 0 Å². The highest BCUT2D eigenvalue weighted by atomic mass is 16.6. The molecule has 0 bridgehead atoms. The third kappa shape index (κ3) is 18.0. The number of aliphatic hydroxyl groups is 2. The zero-order valence-corrected chi connectivity index (χ0v) is 45.7. The van der Waals surface area contributed by atoms with E-state index in [4.69, 9.17) is 47.4 Å². The highest BCUT2D eigenvalue weighted by Crippen LogP contribution is 2.45. The minimum atomic E-state index is -0.791. The molecule has 0 unspecified atom stereocenters. The molecule has 6 saturated heterocycles. The van der Waals surface area contributed by atoms with Gasteiger partial charge >= 0.3 is 11.9 Å². The van der Waals surface area contributed by atoms with Crippen molar-refractivity contribution in [2.24, 2.45) is 11.8 Å². The monoisotopic (exact) mass is 1040 g/mol. The number of esters is 2. The molecule has 4 N–H and O–H groups in total. The maximum atomic E-state index is 12.3. The summed E-state index contributed by atoms with van der Waals surface area (Å²) in [5.74, 6) is -0.476. The van der Waals surface area contributed by atoms with Crippen molar-refractivity contribution in [3.63, 3.8) is 0 Å². The molecule has 18 atom stereocenters. The van der Waals surface area contributed by atoms with Gasteiger partial charge in [-0.25, -0.2) is 0 Å². The lowest BCUT2D eigenvalue weighted by molar-refractivity contribution is -0.162. The van der Waals surface area contributed by atoms with Crippen LogP contribution >= 0.6 is 0 Å². The fourth-order valence-electron chi connectivity index (χ4n) is 10.1. The summed E-state index contributed by atoms with van der Waals surface area (Å²) < 4.78 is 56.5. The maximum absolute atomic E-state index is 12.3. The lowest BCUT2D eigenvalue weighted by Crippen LogP contribution is -2.51. The Kier molecular flexibility index (Phi) is 23.3. The molecular formula is C56H86N2O16. The molecule has 0 aromatic heterocycles. The number of epoxide rings is 2. The van der Waals surface area contributed by atoms with Crippen molar-refractivity contribution in [2.75, 3.05) is 41.7 Å². The first-order valence-corrected chi connectivity index (χ1v) is 26.3. The SMILES string of the molecule is COC(=O)C[C@@H]1C[C@@]2(CO2)[C@H](O)[C@@H](/C=C/C(C)=C/C[C@@H]2O[C@H](C)[C@H](NC(=O)/C=C\[C@H](C)O)C[C@@H]2C)O1.COC(=O)C[C@@H]1C[C@@]2(CO2)[C@H](OC)[C@@H](/C=C/C(C)=C/C[C@@H]2O[C@H](C)[C@H](NC(=O)/C=C\[C@H](C)OC)C[C@@H]2C)O1. The molecule has 18 nitrogen and oxygen atoms in total. The van der Waals surface area contributed by atoms with Crippen molar-refractivity contribution in [1.29, 1.82) is 0 Å². The Labute approximate surface area is 438 Å². The van der Waals surface area contributed by atoms with Crippen molar-refractivity contribution in [3.8, 4) is 0 Å². The van der Waals surface area contributed by atoms with E-state index in [0.29, 0.717) is 26.1 Å². The number of nitrogens with one attached hydrogen (secondary N) is 2. The molecule has 6 fully saturated rings. The van der Waals surface area contributed by atoms with Gasteiger partial charge in [-0.2, -0.15) is 0 Å². The lowest BCUT2D eigenvalue weighted by atomic mass is 9.87. The number of carbonyl (C=O) groups is 4. The highest BCUT2D eigenvalue weighted by molar-refractivity contribution is 5.88. The van der Waals surface area contributed by atoms with Crippen molar-refractivity contribution in [3.05, 3.63) is 71.9 Å². The third-order valence-corrected chi connectivity index (χ3v) is 15.0. The Hall–Kier alpha value is -4.08. The minimum Gasteiger partial charge on any atom is -0.469 e. The molecule has 18 heteroatoms. The van der Waals surface area contributed by atoms with Crippen LogP contribution in [0.15, 0.2) is 71.9 Å². The van der Waals surface area contributed by atoms with Crippen LogP contribution in [-0.4, -0.2) is 172 Å². The first-order chi connectivity index (χ1) is 35.1. The number of methoxy groups -OCH3 is 4. The van der Waals surface area contributed by atoms with E-state index in [0.717, 1.165) is 36.8 Å². The van der Waals surface area contributed by atoms with E-state index in [-0.39, 0.29) is 115 Å². The van der Waals surface area contributed by atoms with Crippen LogP contribution in [-0.2, 0) is 66.5 Å². The molecule has 416 valence electrons. The quantitative estimate of drug-likeness (QED) is 0.0529. The predicted molar refractivity (Wildman–Crippen MR) is 276 cm³/mol. The number of hydrogen-bond donors (Lipinski definition) is 4. The van der Waals surface area contributed by atoms with Crippen LogP contribution in [0.25, 0.3) is 0 Å². The maximum Gasteiger partial charge on any atom is 0.308 e. The zero-order chi connectivity index (χ0) is 54.3. The summed E-state index contributed by atoms with van der Waals surface area (Å²) >= 11 is 0. The molecular weight excluding hydrogens is 957 g/mol. The van der Waals surface area contributed by atoms with Gasteiger partial charge in [0, 0.05) is 39.2 Å². The molecule has 6 aliphatic rings. The van der Waals surface area contributed by atoms with Crippen molar-refractivity contribution in [1.82, 2.24) is 10.6 Å². The summed E-state index contributed by atoms with van der Waals surface area (Å²) in [6.45, 7) is 16.8. The van der Waals surface area contributed by atoms with Crippen LogP contribution in [0.4, 0.5) is 0 Å². The van der Waals surface area contributed by atoms with E-state index < -0.39 is 29.5 Å². The number of aliphatic hydroxyl groups excluding tert-OH is 2. The van der Waals surface area contributed by atoms with Gasteiger partial charge in [0.05, 0.1) is 101 Å². The summed E-state index contributed by atoms with van der Waals surface area (Å²) in [6, 6.07) is -0.127. The van der Waals surface area contributed by atoms with Crippen molar-refractivity contribution < 1.29 is 76.8 Å². The molecule has 0 saturated carbocycles. The Morgan fingerprint density at radius 2 is 1.11 bits per heavy atom. The third-order valence-electron chi connectivity index (χ3n) is 15.0. The number of hydrogen-bond acceptors (Lipinski definition) is 16. The van der Waals surface area contributed by atoms with Gasteiger partial charge in [-0.05, 0) is 79.1 Å². The first-order valence-electron chi connectivity index (χ1n) is 26.3. The van der Waals surface area contributed by atoms with Crippen LogP contribution in [0.1, 0.15) is 107 Å². The summed E-state index contributed by atoms with van der Waals surface area (Å²) in [4.78, 5) is 47.9. The van der Waals surface area contributed by atoms with Gasteiger partial charge in [0.1, 0.15) is 35.6 Å². The molecule has 0 radical (unpaired) electrons. The fraction of sp³-hybridized carbons (Fsp3) is 0.714. The minimum absolute atomic E-state index is 0.0219. The smallest absolute Gasteiger partial charge is 0.308 e. The largest absolute Gasteiger partial charge is 0.469 e. The Morgan fingerprint density at radius 3 is 1.54 bits per heavy atom. The average molecular weight is 1040 g/mol. The molecule has 0 aromatic carbocycles. The van der Waals surface area contributed by atoms with Gasteiger partial charge < -0.3 is 68.2 Å². The van der Waals surface area contributed by atoms with Crippen LogP contribution in [0, 0.1) is 11.8 Å². The van der Waals surface area contributed by atoms with Crippen molar-refractivity contribution in [2.45, 2.75) is 203 Å². The van der Waals surface area contributed by atoms with Gasteiger partial charge in [0.15, 0.2) is 0 Å². The summed E-state index contributed by atoms with van der Waals surface area (Å²) in [6.07, 6.45) is 19.1. The van der Waals surface area contributed by atoms with E-state index in [2.05, 4.69) is 36.6 Å². The van der Waals surface area contributed by atoms with Crippen molar-refractivity contribution >= 4 is 23.8 Å². The molecule has 2 amide bonds. The Bertz CT molecular complexity index is 2040. The molecule has 2 spiro atoms. The normalized spacial score (nSPS) is 37.2. The van der Waals surface area contributed by atoms with Crippen LogP contribution in [0.5, 0.6) is 0 Å².